The van der Waals surface area contributed by atoms with Crippen molar-refractivity contribution in [2.24, 2.45) is 0 Å². The highest BCUT2D eigenvalue weighted by molar-refractivity contribution is 5.62. The molecule has 0 aliphatic carbocycles. The van der Waals surface area contributed by atoms with Crippen LogP contribution in [0, 0.1) is 5.82 Å². The Bertz CT molecular complexity index is 559. The zero-order valence-electron chi connectivity index (χ0n) is 12.3. The van der Waals surface area contributed by atoms with Crippen LogP contribution in [-0.4, -0.2) is 42.1 Å². The summed E-state index contributed by atoms with van der Waals surface area (Å²) in [6.45, 7) is 1.69. The van der Waals surface area contributed by atoms with Gasteiger partial charge in [0, 0.05) is 18.9 Å². The summed E-state index contributed by atoms with van der Waals surface area (Å²) in [4.78, 5) is 10.1. The number of anilines is 3. The van der Waals surface area contributed by atoms with Gasteiger partial charge in [0.15, 0.2) is 5.82 Å². The zero-order chi connectivity index (χ0) is 15.1. The second-order valence-corrected chi connectivity index (χ2v) is 4.95. The van der Waals surface area contributed by atoms with Gasteiger partial charge in [0.05, 0.1) is 11.4 Å². The van der Waals surface area contributed by atoms with Crippen molar-refractivity contribution in [3.05, 3.63) is 42.5 Å². The fraction of sp³-hybridized carbons (Fsp3) is 0.333. The molecule has 6 heteroatoms. The molecular formula is C15H20FN5. The van der Waals surface area contributed by atoms with E-state index in [4.69, 9.17) is 0 Å². The Morgan fingerprint density at radius 2 is 1.81 bits per heavy atom. The third-order valence-electron chi connectivity index (χ3n) is 2.91. The molecule has 0 aliphatic heterocycles. The molecule has 0 radical (unpaired) electrons. The normalized spacial score (nSPS) is 10.7. The lowest BCUT2D eigenvalue weighted by molar-refractivity contribution is 0.405. The number of hydrogen-bond acceptors (Lipinski definition) is 5. The second-order valence-electron chi connectivity index (χ2n) is 4.95. The van der Waals surface area contributed by atoms with Crippen LogP contribution in [0.3, 0.4) is 0 Å². The van der Waals surface area contributed by atoms with Crippen molar-refractivity contribution in [2.45, 2.75) is 6.42 Å². The molecule has 1 aromatic carbocycles. The van der Waals surface area contributed by atoms with Crippen LogP contribution in [0.25, 0.3) is 0 Å². The molecule has 0 amide bonds. The van der Waals surface area contributed by atoms with Gasteiger partial charge in [-0.3, -0.25) is 0 Å². The number of nitrogens with one attached hydrogen (secondary N) is 2. The van der Waals surface area contributed by atoms with Crippen molar-refractivity contribution in [3.63, 3.8) is 0 Å². The van der Waals surface area contributed by atoms with Crippen LogP contribution in [0.5, 0.6) is 0 Å². The third-order valence-corrected chi connectivity index (χ3v) is 2.91. The Morgan fingerprint density at radius 3 is 2.52 bits per heavy atom. The van der Waals surface area contributed by atoms with Gasteiger partial charge in [0.2, 0.25) is 5.95 Å². The zero-order valence-corrected chi connectivity index (χ0v) is 12.3. The molecule has 21 heavy (non-hydrogen) atoms. The van der Waals surface area contributed by atoms with Gasteiger partial charge in [0.1, 0.15) is 0 Å². The van der Waals surface area contributed by atoms with Crippen LogP contribution < -0.4 is 10.6 Å². The Hall–Kier alpha value is -2.21. The Morgan fingerprint density at radius 1 is 1.10 bits per heavy atom. The molecule has 5 nitrogen and oxygen atoms in total. The van der Waals surface area contributed by atoms with Crippen molar-refractivity contribution in [1.82, 2.24) is 14.9 Å². The Kier molecular flexibility index (Phi) is 5.45. The fourth-order valence-electron chi connectivity index (χ4n) is 1.87. The van der Waals surface area contributed by atoms with Gasteiger partial charge in [-0.25, -0.2) is 14.4 Å². The molecule has 0 bridgehead atoms. The summed E-state index contributed by atoms with van der Waals surface area (Å²) in [5.41, 5.74) is 0.841. The van der Waals surface area contributed by atoms with Crippen molar-refractivity contribution in [3.8, 4) is 0 Å². The van der Waals surface area contributed by atoms with E-state index in [1.807, 2.05) is 14.1 Å². The highest BCUT2D eigenvalue weighted by Gasteiger charge is 2.08. The van der Waals surface area contributed by atoms with Crippen molar-refractivity contribution in [2.75, 3.05) is 37.8 Å². The average Bonchev–Trinajstić information content (AvgIpc) is 2.48. The van der Waals surface area contributed by atoms with Gasteiger partial charge in [-0.1, -0.05) is 6.07 Å². The molecule has 2 rings (SSSR count). The van der Waals surface area contributed by atoms with Gasteiger partial charge in [-0.15, -0.1) is 0 Å². The largest absolute Gasteiger partial charge is 0.383 e. The summed E-state index contributed by atoms with van der Waals surface area (Å²) in [6, 6.07) is 6.89. The maximum Gasteiger partial charge on any atom is 0.227 e. The van der Waals surface area contributed by atoms with E-state index in [1.54, 1.807) is 36.7 Å². The van der Waals surface area contributed by atoms with Gasteiger partial charge in [-0.2, -0.15) is 0 Å². The summed E-state index contributed by atoms with van der Waals surface area (Å²) < 4.78 is 14.4. The SMILES string of the molecule is CN(C)CCCNc1cccc(Nc2ncccn2)c1F. The fourth-order valence-corrected chi connectivity index (χ4v) is 1.87. The van der Waals surface area contributed by atoms with Gasteiger partial charge < -0.3 is 15.5 Å². The lowest BCUT2D eigenvalue weighted by Gasteiger charge is -2.13. The number of hydrogen-bond donors (Lipinski definition) is 2. The minimum Gasteiger partial charge on any atom is -0.383 e. The van der Waals surface area contributed by atoms with Crippen LogP contribution in [0.4, 0.5) is 21.7 Å². The van der Waals surface area contributed by atoms with E-state index in [0.717, 1.165) is 19.5 Å². The smallest absolute Gasteiger partial charge is 0.227 e. The molecule has 0 atom stereocenters. The predicted molar refractivity (Wildman–Crippen MR) is 83.4 cm³/mol. The molecule has 0 spiro atoms. The lowest BCUT2D eigenvalue weighted by Crippen LogP contribution is -2.16. The molecule has 0 fully saturated rings. The number of benzene rings is 1. The first kappa shape index (κ1) is 15.2. The summed E-state index contributed by atoms with van der Waals surface area (Å²) in [5.74, 6) is 0.0518. The highest BCUT2D eigenvalue weighted by atomic mass is 19.1. The van der Waals surface area contributed by atoms with E-state index in [-0.39, 0.29) is 5.82 Å². The van der Waals surface area contributed by atoms with Gasteiger partial charge >= 0.3 is 0 Å². The van der Waals surface area contributed by atoms with E-state index in [9.17, 15) is 4.39 Å². The molecule has 2 aromatic rings. The average molecular weight is 289 g/mol. The Balaban J connectivity index is 1.99. The van der Waals surface area contributed by atoms with E-state index in [1.165, 1.54) is 0 Å². The number of nitrogens with zero attached hydrogens (tertiary/aromatic N) is 3. The maximum atomic E-state index is 14.4. The number of rotatable bonds is 7. The van der Waals surface area contributed by atoms with Crippen molar-refractivity contribution < 1.29 is 4.39 Å². The predicted octanol–water partition coefficient (Wildman–Crippen LogP) is 2.72. The second kappa shape index (κ2) is 7.54. The van der Waals surface area contributed by atoms with Gasteiger partial charge in [0.25, 0.3) is 0 Å². The van der Waals surface area contributed by atoms with Crippen LogP contribution in [0.2, 0.25) is 0 Å². The maximum absolute atomic E-state index is 14.4. The first-order valence-electron chi connectivity index (χ1n) is 6.88. The van der Waals surface area contributed by atoms with E-state index in [2.05, 4.69) is 25.5 Å². The summed E-state index contributed by atoms with van der Waals surface area (Å²) in [5, 5.41) is 5.99. The molecule has 1 heterocycles. The summed E-state index contributed by atoms with van der Waals surface area (Å²) >= 11 is 0. The van der Waals surface area contributed by atoms with Crippen LogP contribution in [-0.2, 0) is 0 Å². The number of aromatic nitrogens is 2. The molecule has 0 aliphatic rings. The Labute approximate surface area is 124 Å². The quantitative estimate of drug-likeness (QED) is 0.768. The van der Waals surface area contributed by atoms with Crippen LogP contribution in [0.15, 0.2) is 36.7 Å². The van der Waals surface area contributed by atoms with Crippen molar-refractivity contribution >= 4 is 17.3 Å². The minimum absolute atomic E-state index is 0.324. The molecular weight excluding hydrogens is 269 g/mol. The third kappa shape index (κ3) is 4.68. The molecule has 0 saturated carbocycles. The van der Waals surface area contributed by atoms with E-state index in [0.29, 0.717) is 17.3 Å². The molecule has 2 N–H and O–H groups in total. The summed E-state index contributed by atoms with van der Waals surface area (Å²) in [7, 11) is 4.04. The number of halogens is 1. The molecule has 0 unspecified atom stereocenters. The lowest BCUT2D eigenvalue weighted by atomic mass is 10.2. The first-order valence-corrected chi connectivity index (χ1v) is 6.88. The molecule has 0 saturated heterocycles. The highest BCUT2D eigenvalue weighted by Crippen LogP contribution is 2.24. The minimum atomic E-state index is -0.324. The molecule has 1 aromatic heterocycles. The summed E-state index contributed by atoms with van der Waals surface area (Å²) in [6.07, 6.45) is 4.17. The monoisotopic (exact) mass is 289 g/mol. The van der Waals surface area contributed by atoms with Crippen molar-refractivity contribution in [1.29, 1.82) is 0 Å². The van der Waals surface area contributed by atoms with Crippen LogP contribution in [0.1, 0.15) is 6.42 Å². The first-order chi connectivity index (χ1) is 10.2. The molecule has 112 valence electrons. The van der Waals surface area contributed by atoms with Gasteiger partial charge in [-0.05, 0) is 45.3 Å². The van der Waals surface area contributed by atoms with E-state index < -0.39 is 0 Å². The standard InChI is InChI=1S/C15H20FN5/c1-21(2)11-5-10-17-12-6-3-7-13(14(12)16)20-15-18-8-4-9-19-15/h3-4,6-9,17H,5,10-11H2,1-2H3,(H,18,19,20). The topological polar surface area (TPSA) is 53.1 Å². The van der Waals surface area contributed by atoms with Crippen LogP contribution >= 0.6 is 0 Å². The van der Waals surface area contributed by atoms with E-state index >= 15 is 0 Å².